The lowest BCUT2D eigenvalue weighted by Crippen LogP contribution is -1.83. The van der Waals surface area contributed by atoms with Crippen LogP contribution in [0.1, 0.15) is 16.7 Å². The van der Waals surface area contributed by atoms with E-state index < -0.39 is 0 Å². The van der Waals surface area contributed by atoms with Crippen molar-refractivity contribution in [1.29, 1.82) is 5.26 Å². The highest BCUT2D eigenvalue weighted by Crippen LogP contribution is 2.11. The molecule has 0 aliphatic rings. The summed E-state index contributed by atoms with van der Waals surface area (Å²) in [6, 6.07) is 17.2. The molecule has 2 aromatic carbocycles. The molecule has 2 aromatic rings. The van der Waals surface area contributed by atoms with Crippen molar-refractivity contribution in [3.8, 4) is 6.07 Å². The Morgan fingerprint density at radius 3 is 2.29 bits per heavy atom. The van der Waals surface area contributed by atoms with Crippen molar-refractivity contribution in [2.45, 2.75) is 0 Å². The number of nitrogens with zero attached hydrogens (tertiary/aromatic N) is 1. The Hall–Kier alpha value is -2.53. The summed E-state index contributed by atoms with van der Waals surface area (Å²) < 4.78 is 0. The van der Waals surface area contributed by atoms with Crippen LogP contribution >= 0.6 is 0 Å². The predicted molar refractivity (Wildman–Crippen MR) is 70.9 cm³/mol. The van der Waals surface area contributed by atoms with Gasteiger partial charge in [-0.25, -0.2) is 0 Å². The molecule has 0 heterocycles. The Kier molecular flexibility index (Phi) is 3.23. The van der Waals surface area contributed by atoms with Crippen LogP contribution in [0.2, 0.25) is 0 Å². The zero-order valence-electron chi connectivity index (χ0n) is 9.30. The number of anilines is 1. The van der Waals surface area contributed by atoms with Crippen LogP contribution < -0.4 is 5.73 Å². The van der Waals surface area contributed by atoms with E-state index in [1.807, 2.05) is 48.6 Å². The Labute approximate surface area is 101 Å². The molecule has 2 N–H and O–H groups in total. The zero-order chi connectivity index (χ0) is 12.1. The van der Waals surface area contributed by atoms with Gasteiger partial charge in [-0.2, -0.15) is 5.26 Å². The molecular weight excluding hydrogens is 208 g/mol. The Morgan fingerprint density at radius 1 is 0.941 bits per heavy atom. The van der Waals surface area contributed by atoms with Crippen molar-refractivity contribution in [3.05, 3.63) is 65.2 Å². The normalized spacial score (nSPS) is 10.3. The second-order valence-corrected chi connectivity index (χ2v) is 3.74. The van der Waals surface area contributed by atoms with Crippen molar-refractivity contribution < 1.29 is 0 Å². The van der Waals surface area contributed by atoms with Crippen LogP contribution in [0.3, 0.4) is 0 Å². The van der Waals surface area contributed by atoms with Crippen LogP contribution in [-0.2, 0) is 0 Å². The SMILES string of the molecule is N#Cc1ccc(/C=C/c2cccc(N)c2)cc1. The molecule has 0 atom stereocenters. The Morgan fingerprint density at radius 2 is 1.65 bits per heavy atom. The average molecular weight is 220 g/mol. The van der Waals surface area contributed by atoms with Gasteiger partial charge in [-0.15, -0.1) is 0 Å². The molecule has 0 unspecified atom stereocenters. The van der Waals surface area contributed by atoms with Gasteiger partial charge in [-0.05, 0) is 35.4 Å². The fourth-order valence-corrected chi connectivity index (χ4v) is 1.52. The van der Waals surface area contributed by atoms with E-state index in [0.29, 0.717) is 5.56 Å². The van der Waals surface area contributed by atoms with Gasteiger partial charge in [0.25, 0.3) is 0 Å². The molecule has 0 amide bonds. The third-order valence-electron chi connectivity index (χ3n) is 2.42. The maximum atomic E-state index is 8.69. The van der Waals surface area contributed by atoms with E-state index >= 15 is 0 Å². The minimum atomic E-state index is 0.672. The van der Waals surface area contributed by atoms with Gasteiger partial charge in [0.15, 0.2) is 0 Å². The molecule has 0 radical (unpaired) electrons. The van der Waals surface area contributed by atoms with Crippen LogP contribution in [0.15, 0.2) is 48.5 Å². The largest absolute Gasteiger partial charge is 0.399 e. The number of hydrogen-bond donors (Lipinski definition) is 1. The minimum Gasteiger partial charge on any atom is -0.399 e. The minimum absolute atomic E-state index is 0.672. The standard InChI is InChI=1S/C15H12N2/c16-11-14-8-5-12(6-9-14)4-7-13-2-1-3-15(17)10-13/h1-10H,17H2/b7-4+. The van der Waals surface area contributed by atoms with E-state index in [4.69, 9.17) is 11.0 Å². The topological polar surface area (TPSA) is 49.8 Å². The summed E-state index contributed by atoms with van der Waals surface area (Å²) in [6.07, 6.45) is 3.99. The highest BCUT2D eigenvalue weighted by molar-refractivity contribution is 5.71. The van der Waals surface area contributed by atoms with Crippen LogP contribution in [0.5, 0.6) is 0 Å². The van der Waals surface area contributed by atoms with Crippen LogP contribution in [0, 0.1) is 11.3 Å². The summed E-state index contributed by atoms with van der Waals surface area (Å²) in [5.74, 6) is 0. The van der Waals surface area contributed by atoms with Crippen LogP contribution in [-0.4, -0.2) is 0 Å². The first kappa shape index (κ1) is 11.0. The lowest BCUT2D eigenvalue weighted by Gasteiger charge is -1.96. The molecule has 0 bridgehead atoms. The molecule has 0 saturated heterocycles. The zero-order valence-corrected chi connectivity index (χ0v) is 9.30. The molecule has 0 saturated carbocycles. The third kappa shape index (κ3) is 2.96. The van der Waals surface area contributed by atoms with Gasteiger partial charge in [0.1, 0.15) is 0 Å². The molecule has 0 spiro atoms. The second-order valence-electron chi connectivity index (χ2n) is 3.74. The summed E-state index contributed by atoms with van der Waals surface area (Å²) in [6.45, 7) is 0. The molecule has 82 valence electrons. The molecule has 17 heavy (non-hydrogen) atoms. The highest BCUT2D eigenvalue weighted by Gasteiger charge is 1.91. The summed E-state index contributed by atoms with van der Waals surface area (Å²) in [5.41, 5.74) is 9.25. The first-order valence-electron chi connectivity index (χ1n) is 5.32. The third-order valence-corrected chi connectivity index (χ3v) is 2.42. The molecule has 2 rings (SSSR count). The van der Waals surface area contributed by atoms with Gasteiger partial charge in [0.2, 0.25) is 0 Å². The summed E-state index contributed by atoms with van der Waals surface area (Å²) in [4.78, 5) is 0. The van der Waals surface area contributed by atoms with Gasteiger partial charge < -0.3 is 5.73 Å². The van der Waals surface area contributed by atoms with Crippen molar-refractivity contribution in [2.75, 3.05) is 5.73 Å². The molecule has 0 fully saturated rings. The molecule has 0 aliphatic carbocycles. The van der Waals surface area contributed by atoms with Crippen molar-refractivity contribution in [1.82, 2.24) is 0 Å². The monoisotopic (exact) mass is 220 g/mol. The van der Waals surface area contributed by atoms with E-state index in [9.17, 15) is 0 Å². The fraction of sp³-hybridized carbons (Fsp3) is 0. The number of rotatable bonds is 2. The van der Waals surface area contributed by atoms with Gasteiger partial charge in [-0.3, -0.25) is 0 Å². The number of nitriles is 1. The summed E-state index contributed by atoms with van der Waals surface area (Å²) in [5, 5.41) is 8.69. The number of nitrogen functional groups attached to an aromatic ring is 1. The van der Waals surface area contributed by atoms with E-state index in [-0.39, 0.29) is 0 Å². The van der Waals surface area contributed by atoms with Gasteiger partial charge in [0.05, 0.1) is 11.6 Å². The van der Waals surface area contributed by atoms with Crippen molar-refractivity contribution in [3.63, 3.8) is 0 Å². The first-order chi connectivity index (χ1) is 8.28. The quantitative estimate of drug-likeness (QED) is 0.623. The Bertz CT molecular complexity index is 575. The molecular formula is C15H12N2. The van der Waals surface area contributed by atoms with Gasteiger partial charge >= 0.3 is 0 Å². The summed E-state index contributed by atoms with van der Waals surface area (Å²) >= 11 is 0. The predicted octanol–water partition coefficient (Wildman–Crippen LogP) is 3.31. The number of benzene rings is 2. The van der Waals surface area contributed by atoms with E-state index in [2.05, 4.69) is 6.07 Å². The van der Waals surface area contributed by atoms with Crippen LogP contribution in [0.4, 0.5) is 5.69 Å². The van der Waals surface area contributed by atoms with E-state index in [0.717, 1.165) is 16.8 Å². The van der Waals surface area contributed by atoms with Crippen molar-refractivity contribution in [2.24, 2.45) is 0 Å². The van der Waals surface area contributed by atoms with Crippen LogP contribution in [0.25, 0.3) is 12.2 Å². The number of nitrogens with two attached hydrogens (primary N) is 1. The van der Waals surface area contributed by atoms with Crippen molar-refractivity contribution >= 4 is 17.8 Å². The van der Waals surface area contributed by atoms with Gasteiger partial charge in [-0.1, -0.05) is 36.4 Å². The van der Waals surface area contributed by atoms with Gasteiger partial charge in [0, 0.05) is 5.69 Å². The fourth-order valence-electron chi connectivity index (χ4n) is 1.52. The lowest BCUT2D eigenvalue weighted by atomic mass is 10.1. The average Bonchev–Trinajstić information content (AvgIpc) is 2.37. The molecule has 0 aromatic heterocycles. The summed E-state index contributed by atoms with van der Waals surface area (Å²) in [7, 11) is 0. The molecule has 2 nitrogen and oxygen atoms in total. The van der Waals surface area contributed by atoms with E-state index in [1.165, 1.54) is 0 Å². The molecule has 0 aliphatic heterocycles. The lowest BCUT2D eigenvalue weighted by molar-refractivity contribution is 1.48. The number of hydrogen-bond acceptors (Lipinski definition) is 2. The maximum Gasteiger partial charge on any atom is 0.0991 e. The smallest absolute Gasteiger partial charge is 0.0991 e. The van der Waals surface area contributed by atoms with E-state index in [1.54, 1.807) is 12.1 Å². The Balaban J connectivity index is 2.17. The highest BCUT2D eigenvalue weighted by atomic mass is 14.5. The first-order valence-corrected chi connectivity index (χ1v) is 5.32. The second kappa shape index (κ2) is 5.00. The molecule has 2 heteroatoms. The maximum absolute atomic E-state index is 8.69.